The molecule has 0 fully saturated rings. The van der Waals surface area contributed by atoms with Crippen LogP contribution in [0.5, 0.6) is 0 Å². The van der Waals surface area contributed by atoms with Gasteiger partial charge in [0.1, 0.15) is 22.3 Å². The van der Waals surface area contributed by atoms with Crippen LogP contribution in [0.4, 0.5) is 0 Å². The standard InChI is InChI=1S/C54H31NO.C30H16BrNO.C24H17BO2.CH4/c1-2-15-34-32(13-1)14-11-22-37(34)52-40-20-5-3-18-38(40)51(39-19-4-6-21-41(39)52)33-26-27-42-47(29-33)54(46-24-12-28-55-53(42)46)45-23-9-7-16-35(45)43-31-50-44(30-48(43)54)36-17-8-10-25-49(36)56-50;31-17-11-12-20-25(14-17)30(24-9-5-13-32-29(20)24)23-8-3-1-6-18(23)21-16-28-22(15-26(21)30)19-7-2-4-10-27(19)33-28;26-25(27)24-21-13-5-3-11-19(21)23(20-12-4-6-14-22(20)24)18-15-7-9-16-8-1-2-10-17(16)18;/h1-31H;1-16H;1-15,26-27H;1H4. The van der Waals surface area contributed by atoms with E-state index in [1.807, 2.05) is 73.1 Å². The minimum atomic E-state index is -1.53. The molecule has 6 nitrogen and oxygen atoms in total. The number of halogens is 1. The molecule has 4 aliphatic carbocycles. The summed E-state index contributed by atoms with van der Waals surface area (Å²) in [6.07, 6.45) is 3.84. The quantitative estimate of drug-likeness (QED) is 0.135. The molecule has 548 valence electrons. The molecule has 0 amide bonds. The van der Waals surface area contributed by atoms with Gasteiger partial charge < -0.3 is 18.9 Å². The summed E-state index contributed by atoms with van der Waals surface area (Å²) in [7, 11) is -1.53. The normalized spacial score (nSPS) is 14.8. The molecule has 4 heterocycles. The fraction of sp³-hybridized carbons (Fsp3) is 0.0275. The third-order valence-electron chi connectivity index (χ3n) is 25.4. The zero-order valence-electron chi connectivity index (χ0n) is 62.4. The van der Waals surface area contributed by atoms with Crippen LogP contribution in [0.15, 0.2) is 390 Å². The molecule has 18 aromatic carbocycles. The molecule has 2 unspecified atom stereocenters. The molecule has 0 saturated heterocycles. The number of hydrogen-bond acceptors (Lipinski definition) is 6. The van der Waals surface area contributed by atoms with Crippen LogP contribution in [0.2, 0.25) is 0 Å². The maximum absolute atomic E-state index is 10.1. The van der Waals surface area contributed by atoms with Crippen LogP contribution in [0, 0.1) is 0 Å². The Morgan fingerprint density at radius 2 is 0.598 bits per heavy atom. The van der Waals surface area contributed by atoms with E-state index in [-0.39, 0.29) is 7.43 Å². The van der Waals surface area contributed by atoms with Crippen molar-refractivity contribution in [3.05, 3.63) is 425 Å². The largest absolute Gasteiger partial charge is 0.489 e. The summed E-state index contributed by atoms with van der Waals surface area (Å²) in [5.41, 5.74) is 30.2. The zero-order chi connectivity index (χ0) is 76.6. The number of para-hydroxylation sites is 2. The van der Waals surface area contributed by atoms with Crippen molar-refractivity contribution in [2.75, 3.05) is 0 Å². The van der Waals surface area contributed by atoms with Gasteiger partial charge in [0.2, 0.25) is 0 Å². The summed E-state index contributed by atoms with van der Waals surface area (Å²) in [5.74, 6) is 0. The smallest absolute Gasteiger partial charge is 0.456 e. The van der Waals surface area contributed by atoms with Gasteiger partial charge in [-0.2, -0.15) is 0 Å². The van der Waals surface area contributed by atoms with E-state index in [1.165, 1.54) is 143 Å². The molecule has 2 atom stereocenters. The first-order valence-electron chi connectivity index (χ1n) is 39.5. The fourth-order valence-corrected chi connectivity index (χ4v) is 21.2. The molecule has 26 rings (SSSR count). The Bertz CT molecular complexity index is 7890. The highest BCUT2D eigenvalue weighted by atomic mass is 79.9. The minimum absolute atomic E-state index is 0. The van der Waals surface area contributed by atoms with E-state index >= 15 is 0 Å². The van der Waals surface area contributed by atoms with Crippen LogP contribution >= 0.6 is 15.9 Å². The lowest BCUT2D eigenvalue weighted by molar-refractivity contribution is 0.426. The number of aromatic nitrogens is 2. The predicted molar refractivity (Wildman–Crippen MR) is 488 cm³/mol. The van der Waals surface area contributed by atoms with Crippen molar-refractivity contribution in [2.45, 2.75) is 18.3 Å². The first kappa shape index (κ1) is 68.5. The lowest BCUT2D eigenvalue weighted by Gasteiger charge is -2.30. The summed E-state index contributed by atoms with van der Waals surface area (Å²) in [6, 6.07) is 130. The topological polar surface area (TPSA) is 92.5 Å². The molecular weight excluding hydrogens is 1490 g/mol. The number of furan rings is 2. The van der Waals surface area contributed by atoms with E-state index in [4.69, 9.17) is 18.8 Å². The van der Waals surface area contributed by atoms with Crippen molar-refractivity contribution < 1.29 is 18.9 Å². The summed E-state index contributed by atoms with van der Waals surface area (Å²) in [6.45, 7) is 0. The highest BCUT2D eigenvalue weighted by molar-refractivity contribution is 9.10. The molecule has 2 spiro atoms. The number of rotatable bonds is 4. The zero-order valence-corrected chi connectivity index (χ0v) is 63.9. The molecular formula is C109H68BBrN2O4. The fourth-order valence-electron chi connectivity index (χ4n) is 20.9. The SMILES string of the molecule is Brc1ccc2c(c1)C1(c3ccccc3-c3cc4oc5ccccc5c4cc31)c1cccnc1-2.C.OB(O)c1c2ccccc2c(-c2cccc3ccccc23)c2ccccc12.c1ccc2c(c1)-c1cc3oc4ccccc4c3cc1C21c2cc(-c3c4ccccc4c(-c4cccc5ccccc45)c4ccccc34)ccc2-c2ncccc21. The summed E-state index contributed by atoms with van der Waals surface area (Å²) < 4.78 is 13.9. The Balaban J connectivity index is 0.000000112. The van der Waals surface area contributed by atoms with E-state index in [0.717, 1.165) is 92.4 Å². The first-order chi connectivity index (χ1) is 57.3. The van der Waals surface area contributed by atoms with Gasteiger partial charge in [0.25, 0.3) is 0 Å². The van der Waals surface area contributed by atoms with Gasteiger partial charge >= 0.3 is 7.12 Å². The van der Waals surface area contributed by atoms with Crippen molar-refractivity contribution in [1.82, 2.24) is 9.97 Å². The molecule has 0 saturated carbocycles. The van der Waals surface area contributed by atoms with Crippen LogP contribution in [-0.2, 0) is 10.8 Å². The Kier molecular flexibility index (Phi) is 15.3. The number of fused-ring (bicyclic) bond motifs is 32. The molecule has 22 aromatic rings. The Hall–Kier alpha value is -14.1. The van der Waals surface area contributed by atoms with Crippen molar-refractivity contribution in [2.24, 2.45) is 0 Å². The molecule has 4 aliphatic rings. The second-order valence-electron chi connectivity index (χ2n) is 31.0. The third-order valence-corrected chi connectivity index (χ3v) is 25.9. The second-order valence-corrected chi connectivity index (χ2v) is 31.9. The lowest BCUT2D eigenvalue weighted by atomic mass is 9.70. The van der Waals surface area contributed by atoms with Crippen LogP contribution < -0.4 is 5.46 Å². The van der Waals surface area contributed by atoms with E-state index in [1.54, 1.807) is 0 Å². The van der Waals surface area contributed by atoms with Crippen molar-refractivity contribution in [1.29, 1.82) is 0 Å². The molecule has 8 heteroatoms. The lowest BCUT2D eigenvalue weighted by Crippen LogP contribution is -2.31. The molecule has 2 N–H and O–H groups in total. The van der Waals surface area contributed by atoms with Gasteiger partial charge in [-0.15, -0.1) is 0 Å². The van der Waals surface area contributed by atoms with Crippen LogP contribution in [0.25, 0.3) is 187 Å². The Morgan fingerprint density at radius 3 is 1.07 bits per heavy atom. The van der Waals surface area contributed by atoms with E-state index in [9.17, 15) is 10.0 Å². The third kappa shape index (κ3) is 9.69. The highest BCUT2D eigenvalue weighted by Gasteiger charge is 2.54. The van der Waals surface area contributed by atoms with Gasteiger partial charge in [0, 0.05) is 49.5 Å². The molecule has 0 aliphatic heterocycles. The van der Waals surface area contributed by atoms with Gasteiger partial charge in [-0.05, 0) is 237 Å². The molecule has 0 radical (unpaired) electrons. The van der Waals surface area contributed by atoms with Gasteiger partial charge in [0.15, 0.2) is 0 Å². The van der Waals surface area contributed by atoms with Gasteiger partial charge in [-0.3, -0.25) is 9.97 Å². The van der Waals surface area contributed by atoms with E-state index in [0.29, 0.717) is 5.46 Å². The van der Waals surface area contributed by atoms with Gasteiger partial charge in [-0.1, -0.05) is 321 Å². The number of hydrogen-bond donors (Lipinski definition) is 2. The van der Waals surface area contributed by atoms with Gasteiger partial charge in [-0.25, -0.2) is 0 Å². The van der Waals surface area contributed by atoms with E-state index in [2.05, 4.69) is 319 Å². The summed E-state index contributed by atoms with van der Waals surface area (Å²) in [5, 5.41) is 38.5. The van der Waals surface area contributed by atoms with Crippen molar-refractivity contribution >= 4 is 137 Å². The van der Waals surface area contributed by atoms with Gasteiger partial charge in [0.05, 0.1) is 22.2 Å². The molecule has 4 aromatic heterocycles. The van der Waals surface area contributed by atoms with Crippen molar-refractivity contribution in [3.63, 3.8) is 0 Å². The Labute approximate surface area is 682 Å². The first-order valence-corrected chi connectivity index (χ1v) is 40.3. The van der Waals surface area contributed by atoms with Crippen LogP contribution in [0.1, 0.15) is 51.9 Å². The number of pyridine rings is 2. The Morgan fingerprint density at radius 1 is 0.248 bits per heavy atom. The average Bonchev–Trinajstić information content (AvgIpc) is 1.51. The predicted octanol–water partition coefficient (Wildman–Crippen LogP) is 27.3. The molecule has 117 heavy (non-hydrogen) atoms. The monoisotopic (exact) mass is 1560 g/mol. The van der Waals surface area contributed by atoms with Crippen LogP contribution in [0.3, 0.4) is 0 Å². The minimum Gasteiger partial charge on any atom is -0.456 e. The second kappa shape index (κ2) is 26.2. The summed E-state index contributed by atoms with van der Waals surface area (Å²) in [4.78, 5) is 9.98. The summed E-state index contributed by atoms with van der Waals surface area (Å²) >= 11 is 3.75. The highest BCUT2D eigenvalue weighted by Crippen LogP contribution is 2.66. The molecule has 0 bridgehead atoms. The van der Waals surface area contributed by atoms with E-state index < -0.39 is 17.9 Å². The van der Waals surface area contributed by atoms with Crippen molar-refractivity contribution in [3.8, 4) is 78.1 Å². The average molecular weight is 1560 g/mol. The maximum atomic E-state index is 10.1. The number of nitrogens with zero attached hydrogens (tertiary/aromatic N) is 2. The van der Waals surface area contributed by atoms with Crippen LogP contribution in [-0.4, -0.2) is 27.1 Å². The number of benzene rings is 18. The maximum Gasteiger partial charge on any atom is 0.489 e.